The third kappa shape index (κ3) is 7.76. The Balaban J connectivity index is -0.00000240. The lowest BCUT2D eigenvalue weighted by Crippen LogP contribution is -2.14. The smallest absolute Gasteiger partial charge is 0.125 e. The van der Waals surface area contributed by atoms with Gasteiger partial charge in [-0.25, -0.2) is 33.7 Å². The van der Waals surface area contributed by atoms with Gasteiger partial charge in [0.25, 0.3) is 0 Å². The number of halogens is 2. The second-order valence-corrected chi connectivity index (χ2v) is 11.6. The Hall–Kier alpha value is -1.50. The van der Waals surface area contributed by atoms with Crippen molar-refractivity contribution in [2.75, 3.05) is 0 Å². The van der Waals surface area contributed by atoms with Crippen molar-refractivity contribution in [1.82, 2.24) is 24.6 Å². The van der Waals surface area contributed by atoms with Crippen molar-refractivity contribution >= 4 is 63.7 Å². The van der Waals surface area contributed by atoms with Gasteiger partial charge < -0.3 is 42.8 Å². The van der Waals surface area contributed by atoms with Crippen molar-refractivity contribution in [1.29, 1.82) is 0 Å². The van der Waals surface area contributed by atoms with E-state index in [-0.39, 0.29) is 48.9 Å². The van der Waals surface area contributed by atoms with Gasteiger partial charge >= 0.3 is 0 Å². The fourth-order valence-electron chi connectivity index (χ4n) is 2.40. The van der Waals surface area contributed by atoms with Gasteiger partial charge in [-0.15, -0.1) is 0 Å². The Labute approximate surface area is 204 Å². The van der Waals surface area contributed by atoms with E-state index in [0.29, 0.717) is 0 Å². The lowest BCUT2D eigenvalue weighted by molar-refractivity contribution is 0.454. The van der Waals surface area contributed by atoms with Crippen molar-refractivity contribution < 1.29 is 51.9 Å². The molecule has 0 fully saturated rings. The molecule has 0 aliphatic carbocycles. The summed E-state index contributed by atoms with van der Waals surface area (Å²) < 4.78 is 140. The predicted molar refractivity (Wildman–Crippen MR) is 118 cm³/mol. The van der Waals surface area contributed by atoms with Gasteiger partial charge in [-0.2, -0.15) is 0 Å². The van der Waals surface area contributed by atoms with Crippen LogP contribution in [-0.4, -0.2) is 51.9 Å². The highest BCUT2D eigenvalue weighted by Crippen LogP contribution is 2.43. The van der Waals surface area contributed by atoms with Crippen LogP contribution in [0.15, 0.2) is 43.8 Å². The van der Waals surface area contributed by atoms with Crippen LogP contribution in [0, 0.1) is 0 Å². The maximum atomic E-state index is 11.7. The highest BCUT2D eigenvalue weighted by molar-refractivity contribution is 7.87. The van der Waals surface area contributed by atoms with Gasteiger partial charge in [0, 0.05) is 21.2 Å². The molecule has 0 saturated heterocycles. The van der Waals surface area contributed by atoms with Crippen LogP contribution in [0.4, 0.5) is 0 Å². The first kappa shape index (κ1) is 37.1. The number of quaternary nitrogens is 4. The zero-order chi connectivity index (χ0) is 23.4. The third-order valence-electron chi connectivity index (χ3n) is 3.39. The summed E-state index contributed by atoms with van der Waals surface area (Å²) in [4.78, 5) is -6.72. The van der Waals surface area contributed by atoms with E-state index in [1.54, 1.807) is 0 Å². The molecular formula is C12H20Cl2N4O12S4. The third-order valence-corrected chi connectivity index (χ3v) is 7.27. The van der Waals surface area contributed by atoms with Gasteiger partial charge in [0.15, 0.2) is 0 Å². The fraction of sp³-hybridized carbons (Fsp3) is 0. The van der Waals surface area contributed by atoms with Crippen molar-refractivity contribution in [3.05, 3.63) is 34.3 Å². The molecule has 22 heteroatoms. The first-order valence-electron chi connectivity index (χ1n) is 6.75. The molecule has 0 amide bonds. The highest BCUT2D eigenvalue weighted by Gasteiger charge is 2.29. The number of hydrogen-bond donors (Lipinski definition) is 4. The first-order chi connectivity index (χ1) is 13.2. The number of benzene rings is 2. The average Bonchev–Trinajstić information content (AvgIpc) is 2.50. The Morgan fingerprint density at radius 3 is 0.706 bits per heavy atom. The van der Waals surface area contributed by atoms with Crippen LogP contribution in [0.5, 0.6) is 0 Å². The molecule has 2 aromatic rings. The molecule has 0 aliphatic heterocycles. The lowest BCUT2D eigenvalue weighted by atomic mass is 10.1. The van der Waals surface area contributed by atoms with Gasteiger partial charge in [-0.1, -0.05) is 23.2 Å². The Morgan fingerprint density at radius 2 is 0.588 bits per heavy atom. The van der Waals surface area contributed by atoms with Crippen molar-refractivity contribution in [2.45, 2.75) is 19.6 Å². The van der Waals surface area contributed by atoms with Crippen molar-refractivity contribution in [3.63, 3.8) is 0 Å². The molecular weight excluding hydrogens is 591 g/mol. The molecule has 16 N–H and O–H groups in total. The summed E-state index contributed by atoms with van der Waals surface area (Å²) in [6.45, 7) is 0. The van der Waals surface area contributed by atoms with E-state index < -0.39 is 81.2 Å². The topological polar surface area (TPSA) is 375 Å². The van der Waals surface area contributed by atoms with Crippen LogP contribution < -0.4 is 24.6 Å². The predicted octanol–water partition coefficient (Wildman–Crippen LogP) is 1.78. The SMILES string of the molecule is O=S(=O)([O-])c1cc(Cl)cc(S(=O)(=O)[O-])c1-c1c(S(=O)(=O)[O-])cc(Cl)cc1S(=O)(=O)[O-].[NH4+].[NH4+].[NH4+].[NH4+]. The van der Waals surface area contributed by atoms with E-state index in [0.717, 1.165) is 0 Å². The molecule has 0 saturated carbocycles. The molecule has 0 spiro atoms. The normalized spacial score (nSPS) is 11.8. The minimum absolute atomic E-state index is 0. The molecule has 0 aliphatic rings. The maximum absolute atomic E-state index is 11.7. The minimum Gasteiger partial charge on any atom is -0.744 e. The van der Waals surface area contributed by atoms with Gasteiger partial charge in [0.1, 0.15) is 40.5 Å². The second-order valence-electron chi connectivity index (χ2n) is 5.37. The van der Waals surface area contributed by atoms with E-state index in [1.165, 1.54) is 0 Å². The Kier molecular flexibility index (Phi) is 12.5. The second kappa shape index (κ2) is 11.5. The van der Waals surface area contributed by atoms with E-state index in [2.05, 4.69) is 0 Å². The summed E-state index contributed by atoms with van der Waals surface area (Å²) in [7, 11) is -23.1. The molecule has 0 unspecified atom stereocenters. The van der Waals surface area contributed by atoms with Crippen LogP contribution in [0.1, 0.15) is 0 Å². The van der Waals surface area contributed by atoms with Gasteiger partial charge in [-0.3, -0.25) is 0 Å². The summed E-state index contributed by atoms with van der Waals surface area (Å²) in [5.41, 5.74) is -3.27. The maximum Gasteiger partial charge on any atom is 0.125 e. The van der Waals surface area contributed by atoms with Crippen LogP contribution in [0.2, 0.25) is 10.0 Å². The molecule has 0 radical (unpaired) electrons. The molecule has 0 aromatic heterocycles. The zero-order valence-corrected chi connectivity index (χ0v) is 22.4. The average molecular weight is 611 g/mol. The minimum atomic E-state index is -5.79. The molecule has 0 atom stereocenters. The Bertz CT molecular complexity index is 1290. The quantitative estimate of drug-likeness (QED) is 0.351. The van der Waals surface area contributed by atoms with Crippen LogP contribution in [0.25, 0.3) is 11.1 Å². The van der Waals surface area contributed by atoms with Gasteiger partial charge in [0.2, 0.25) is 0 Å². The monoisotopic (exact) mass is 610 g/mol. The molecule has 16 nitrogen and oxygen atoms in total. The van der Waals surface area contributed by atoms with E-state index in [4.69, 9.17) is 23.2 Å². The van der Waals surface area contributed by atoms with E-state index >= 15 is 0 Å². The van der Waals surface area contributed by atoms with Crippen molar-refractivity contribution in [3.8, 4) is 11.1 Å². The van der Waals surface area contributed by atoms with Crippen LogP contribution >= 0.6 is 23.2 Å². The zero-order valence-electron chi connectivity index (χ0n) is 17.6. The Morgan fingerprint density at radius 1 is 0.441 bits per heavy atom. The summed E-state index contributed by atoms with van der Waals surface area (Å²) in [5.74, 6) is 0. The largest absolute Gasteiger partial charge is 0.744 e. The first-order valence-corrected chi connectivity index (χ1v) is 13.1. The lowest BCUT2D eigenvalue weighted by Gasteiger charge is -2.25. The van der Waals surface area contributed by atoms with Crippen LogP contribution in [-0.2, 0) is 40.5 Å². The molecule has 34 heavy (non-hydrogen) atoms. The van der Waals surface area contributed by atoms with E-state index in [9.17, 15) is 51.9 Å². The summed E-state index contributed by atoms with van der Waals surface area (Å²) in [6, 6.07) is 1.08. The highest BCUT2D eigenvalue weighted by atomic mass is 35.5. The molecule has 2 aromatic carbocycles. The van der Waals surface area contributed by atoms with E-state index in [1.807, 2.05) is 0 Å². The summed E-state index contributed by atoms with van der Waals surface area (Å²) in [5, 5.41) is -1.62. The molecule has 198 valence electrons. The van der Waals surface area contributed by atoms with Crippen LogP contribution in [0.3, 0.4) is 0 Å². The number of hydrogen-bond acceptors (Lipinski definition) is 12. The summed E-state index contributed by atoms with van der Waals surface area (Å²) in [6.07, 6.45) is 0. The fourth-order valence-corrected chi connectivity index (χ4v) is 6.15. The number of rotatable bonds is 5. The molecule has 0 heterocycles. The molecule has 2 rings (SSSR count). The molecule has 0 bridgehead atoms. The standard InChI is InChI=1S/C12H8Cl2O12S4.4H3N/c13-5-1-7(27(15,16)17)11(8(2-5)28(18,19)20)12-9(29(21,22)23)3-6(14)4-10(12)30(24,25)26;;;;/h1-4H,(H,15,16,17)(H,18,19,20)(H,21,22,23)(H,24,25,26);4*1H3. The van der Waals surface area contributed by atoms with Crippen molar-refractivity contribution in [2.24, 2.45) is 0 Å². The summed E-state index contributed by atoms with van der Waals surface area (Å²) >= 11 is 11.0. The van der Waals surface area contributed by atoms with Gasteiger partial charge in [0.05, 0.1) is 19.6 Å². The van der Waals surface area contributed by atoms with Gasteiger partial charge in [-0.05, 0) is 24.3 Å².